The minimum absolute atomic E-state index is 0.209. The zero-order chi connectivity index (χ0) is 11.0. The van der Waals surface area contributed by atoms with Crippen LogP contribution in [0.2, 0.25) is 0 Å². The number of hydrogen-bond acceptors (Lipinski definition) is 1. The third-order valence-corrected chi connectivity index (χ3v) is 3.38. The van der Waals surface area contributed by atoms with Crippen molar-refractivity contribution in [3.8, 4) is 0 Å². The van der Waals surface area contributed by atoms with Crippen molar-refractivity contribution in [1.29, 1.82) is 0 Å². The summed E-state index contributed by atoms with van der Waals surface area (Å²) in [5, 5.41) is 0. The van der Waals surface area contributed by atoms with Crippen LogP contribution in [0.1, 0.15) is 17.9 Å². The summed E-state index contributed by atoms with van der Waals surface area (Å²) in [7, 11) is 3.64. The van der Waals surface area contributed by atoms with E-state index in [1.165, 1.54) is 5.56 Å². The lowest BCUT2D eigenvalue weighted by atomic mass is 10.1. The molecule has 15 heavy (non-hydrogen) atoms. The standard InChI is InChI=1S/C12H14BrNO/c1-14(2)12(15)11-7-10(11)8-3-5-9(13)6-4-8/h3-6,10-11H,7H2,1-2H3/t10-,11-/m0/s1. The third-order valence-electron chi connectivity index (χ3n) is 2.85. The Morgan fingerprint density at radius 2 is 1.93 bits per heavy atom. The fraction of sp³-hybridized carbons (Fsp3) is 0.417. The van der Waals surface area contributed by atoms with Gasteiger partial charge < -0.3 is 4.90 Å². The molecule has 2 atom stereocenters. The molecule has 0 saturated heterocycles. The molecule has 2 rings (SSSR count). The molecule has 2 nitrogen and oxygen atoms in total. The molecule has 0 aromatic heterocycles. The van der Waals surface area contributed by atoms with Crippen molar-refractivity contribution in [2.75, 3.05) is 14.1 Å². The van der Waals surface area contributed by atoms with Gasteiger partial charge in [0.1, 0.15) is 0 Å². The quantitative estimate of drug-likeness (QED) is 0.807. The summed E-state index contributed by atoms with van der Waals surface area (Å²) < 4.78 is 1.09. The van der Waals surface area contributed by atoms with E-state index in [1.54, 1.807) is 4.90 Å². The number of carbonyl (C=O) groups excluding carboxylic acids is 1. The van der Waals surface area contributed by atoms with Crippen LogP contribution >= 0.6 is 15.9 Å². The van der Waals surface area contributed by atoms with Crippen LogP contribution in [-0.4, -0.2) is 24.9 Å². The molecule has 0 N–H and O–H groups in total. The zero-order valence-corrected chi connectivity index (χ0v) is 10.5. The summed E-state index contributed by atoms with van der Waals surface area (Å²) in [4.78, 5) is 13.4. The average Bonchev–Trinajstić information content (AvgIpc) is 2.97. The van der Waals surface area contributed by atoms with E-state index in [2.05, 4.69) is 28.1 Å². The highest BCUT2D eigenvalue weighted by molar-refractivity contribution is 9.10. The normalized spacial score (nSPS) is 23.7. The van der Waals surface area contributed by atoms with Gasteiger partial charge in [-0.25, -0.2) is 0 Å². The molecule has 0 spiro atoms. The highest BCUT2D eigenvalue weighted by Crippen LogP contribution is 2.48. The summed E-state index contributed by atoms with van der Waals surface area (Å²) in [5.74, 6) is 0.900. The molecule has 0 heterocycles. The number of carbonyl (C=O) groups is 1. The summed E-state index contributed by atoms with van der Waals surface area (Å²) in [6, 6.07) is 8.26. The van der Waals surface area contributed by atoms with Crippen molar-refractivity contribution in [3.05, 3.63) is 34.3 Å². The van der Waals surface area contributed by atoms with E-state index < -0.39 is 0 Å². The van der Waals surface area contributed by atoms with Gasteiger partial charge in [-0.2, -0.15) is 0 Å². The Bertz CT molecular complexity index is 372. The Balaban J connectivity index is 2.05. The van der Waals surface area contributed by atoms with Crippen LogP contribution in [0.3, 0.4) is 0 Å². The topological polar surface area (TPSA) is 20.3 Å². The maximum Gasteiger partial charge on any atom is 0.225 e. The van der Waals surface area contributed by atoms with Gasteiger partial charge in [-0.1, -0.05) is 28.1 Å². The van der Waals surface area contributed by atoms with Crippen molar-refractivity contribution in [1.82, 2.24) is 4.90 Å². The lowest BCUT2D eigenvalue weighted by Crippen LogP contribution is -2.23. The van der Waals surface area contributed by atoms with Gasteiger partial charge in [0.15, 0.2) is 0 Å². The Kier molecular flexibility index (Phi) is 2.83. The number of hydrogen-bond donors (Lipinski definition) is 0. The largest absolute Gasteiger partial charge is 0.349 e. The SMILES string of the molecule is CN(C)C(=O)[C@H]1C[C@H]1c1ccc(Br)cc1. The van der Waals surface area contributed by atoms with Crippen LogP contribution in [0.4, 0.5) is 0 Å². The van der Waals surface area contributed by atoms with E-state index in [9.17, 15) is 4.79 Å². The Labute approximate surface area is 98.4 Å². The predicted octanol–water partition coefficient (Wildman–Crippen LogP) is 2.64. The molecule has 1 fully saturated rings. The second-order valence-corrected chi connectivity index (χ2v) is 5.15. The zero-order valence-electron chi connectivity index (χ0n) is 8.90. The van der Waals surface area contributed by atoms with E-state index in [4.69, 9.17) is 0 Å². The van der Waals surface area contributed by atoms with Crippen LogP contribution in [0.5, 0.6) is 0 Å². The molecule has 1 amide bonds. The summed E-state index contributed by atoms with van der Waals surface area (Å²) >= 11 is 3.41. The second kappa shape index (κ2) is 3.97. The Hall–Kier alpha value is -0.830. The predicted molar refractivity (Wildman–Crippen MR) is 63.7 cm³/mol. The highest BCUT2D eigenvalue weighted by atomic mass is 79.9. The van der Waals surface area contributed by atoms with Crippen LogP contribution < -0.4 is 0 Å². The maximum atomic E-state index is 11.7. The molecule has 1 aliphatic carbocycles. The summed E-state index contributed by atoms with van der Waals surface area (Å²) in [6.07, 6.45) is 0.999. The maximum absolute atomic E-state index is 11.7. The van der Waals surface area contributed by atoms with Gasteiger partial charge in [-0.05, 0) is 30.0 Å². The van der Waals surface area contributed by atoms with Gasteiger partial charge in [0.2, 0.25) is 5.91 Å². The smallest absolute Gasteiger partial charge is 0.225 e. The van der Waals surface area contributed by atoms with Gasteiger partial charge in [0, 0.05) is 24.5 Å². The summed E-state index contributed by atoms with van der Waals surface area (Å²) in [5.41, 5.74) is 1.28. The van der Waals surface area contributed by atoms with Crippen LogP contribution in [0, 0.1) is 5.92 Å². The Morgan fingerprint density at radius 3 is 2.47 bits per heavy atom. The van der Waals surface area contributed by atoms with E-state index in [0.29, 0.717) is 5.92 Å². The second-order valence-electron chi connectivity index (χ2n) is 4.23. The van der Waals surface area contributed by atoms with Crippen LogP contribution in [-0.2, 0) is 4.79 Å². The number of amides is 1. The van der Waals surface area contributed by atoms with Crippen LogP contribution in [0.25, 0.3) is 0 Å². The highest BCUT2D eigenvalue weighted by Gasteiger charge is 2.44. The molecule has 3 heteroatoms. The van der Waals surface area contributed by atoms with Gasteiger partial charge in [-0.15, -0.1) is 0 Å². The fourth-order valence-corrected chi connectivity index (χ4v) is 2.14. The molecule has 1 aromatic rings. The average molecular weight is 268 g/mol. The first-order valence-corrected chi connectivity index (χ1v) is 5.85. The molecule has 0 aliphatic heterocycles. The van der Waals surface area contributed by atoms with E-state index in [1.807, 2.05) is 26.2 Å². The number of halogens is 1. The van der Waals surface area contributed by atoms with Crippen molar-refractivity contribution in [2.45, 2.75) is 12.3 Å². The monoisotopic (exact) mass is 267 g/mol. The van der Waals surface area contributed by atoms with Crippen molar-refractivity contribution >= 4 is 21.8 Å². The van der Waals surface area contributed by atoms with Crippen LogP contribution in [0.15, 0.2) is 28.7 Å². The van der Waals surface area contributed by atoms with E-state index >= 15 is 0 Å². The van der Waals surface area contributed by atoms with Crippen molar-refractivity contribution in [2.24, 2.45) is 5.92 Å². The first kappa shape index (κ1) is 10.7. The molecule has 1 saturated carbocycles. The number of benzene rings is 1. The van der Waals surface area contributed by atoms with Crippen molar-refractivity contribution < 1.29 is 4.79 Å². The lowest BCUT2D eigenvalue weighted by molar-refractivity contribution is -0.130. The van der Waals surface area contributed by atoms with Gasteiger partial charge in [0.05, 0.1) is 0 Å². The Morgan fingerprint density at radius 1 is 1.33 bits per heavy atom. The lowest BCUT2D eigenvalue weighted by Gasteiger charge is -2.09. The molecule has 0 radical (unpaired) electrons. The van der Waals surface area contributed by atoms with E-state index in [0.717, 1.165) is 10.9 Å². The molecule has 0 unspecified atom stereocenters. The molecule has 80 valence electrons. The molecular weight excluding hydrogens is 254 g/mol. The minimum atomic E-state index is 0.209. The summed E-state index contributed by atoms with van der Waals surface area (Å²) in [6.45, 7) is 0. The number of rotatable bonds is 2. The first-order valence-electron chi connectivity index (χ1n) is 5.06. The fourth-order valence-electron chi connectivity index (χ4n) is 1.88. The molecule has 1 aliphatic rings. The molecule has 0 bridgehead atoms. The first-order chi connectivity index (χ1) is 7.09. The van der Waals surface area contributed by atoms with Crippen molar-refractivity contribution in [3.63, 3.8) is 0 Å². The molecule has 1 aromatic carbocycles. The minimum Gasteiger partial charge on any atom is -0.349 e. The van der Waals surface area contributed by atoms with E-state index in [-0.39, 0.29) is 11.8 Å². The third kappa shape index (κ3) is 2.23. The van der Waals surface area contributed by atoms with Gasteiger partial charge >= 0.3 is 0 Å². The van der Waals surface area contributed by atoms with Gasteiger partial charge in [0.25, 0.3) is 0 Å². The van der Waals surface area contributed by atoms with Gasteiger partial charge in [-0.3, -0.25) is 4.79 Å². The molecular formula is C12H14BrNO. The number of nitrogens with zero attached hydrogens (tertiary/aromatic N) is 1.